The molecule has 58 valence electrons. The maximum absolute atomic E-state index is 2.40. The van der Waals surface area contributed by atoms with Crippen molar-refractivity contribution < 1.29 is 0 Å². The maximum Gasteiger partial charge on any atom is 0.369 e. The van der Waals surface area contributed by atoms with Gasteiger partial charge in [-0.1, -0.05) is 46.5 Å². The van der Waals surface area contributed by atoms with E-state index in [1.165, 1.54) is 11.0 Å². The highest BCUT2D eigenvalue weighted by molar-refractivity contribution is 6.37. The van der Waals surface area contributed by atoms with E-state index in [0.29, 0.717) is 5.41 Å². The van der Waals surface area contributed by atoms with E-state index in [9.17, 15) is 0 Å². The van der Waals surface area contributed by atoms with Crippen LogP contribution in [0.2, 0.25) is 8.60 Å². The van der Waals surface area contributed by atoms with E-state index in [2.05, 4.69) is 34.6 Å². The van der Waals surface area contributed by atoms with Gasteiger partial charge >= 0.3 is 20.4 Å². The summed E-state index contributed by atoms with van der Waals surface area (Å²) in [6.07, 6.45) is 1.39. The zero-order valence-corrected chi connectivity index (χ0v) is 9.61. The van der Waals surface area contributed by atoms with E-state index in [1.807, 2.05) is 0 Å². The van der Waals surface area contributed by atoms with Crippen LogP contribution in [0.3, 0.4) is 0 Å². The quantitative estimate of drug-likeness (QED) is 0.544. The first kappa shape index (κ1) is 10.8. The van der Waals surface area contributed by atoms with Gasteiger partial charge in [-0.25, -0.2) is 0 Å². The van der Waals surface area contributed by atoms with Crippen molar-refractivity contribution in [2.24, 2.45) is 5.41 Å². The minimum absolute atomic E-state index is 0.231. The lowest BCUT2D eigenvalue weighted by atomic mass is 10.0. The standard InChI is InChI=1S/C5H11.C4H9.Mg/c1-5(2,3)4;1-3-4-2;/h1H2,2-4H3;3H,4H2,1-2H3;. The lowest BCUT2D eigenvalue weighted by Crippen LogP contribution is -2.11. The van der Waals surface area contributed by atoms with Gasteiger partial charge in [-0.05, 0) is 0 Å². The van der Waals surface area contributed by atoms with Crippen molar-refractivity contribution >= 4 is 20.4 Å². The molecule has 0 aliphatic carbocycles. The van der Waals surface area contributed by atoms with Crippen molar-refractivity contribution in [2.45, 2.75) is 49.6 Å². The molecule has 0 aromatic heterocycles. The van der Waals surface area contributed by atoms with Gasteiger partial charge < -0.3 is 0 Å². The fourth-order valence-electron chi connectivity index (χ4n) is 0.884. The highest BCUT2D eigenvalue weighted by atomic mass is 24.5. The highest BCUT2D eigenvalue weighted by Gasteiger charge is 2.13. The number of rotatable bonds is 3. The van der Waals surface area contributed by atoms with Crippen LogP contribution in [-0.4, -0.2) is 20.4 Å². The van der Waals surface area contributed by atoms with Gasteiger partial charge in [0.1, 0.15) is 0 Å². The largest absolute Gasteiger partial charge is 0.369 e. The predicted molar refractivity (Wildman–Crippen MR) is 49.7 cm³/mol. The first-order chi connectivity index (χ1) is 4.45. The molecule has 0 amide bonds. The number of hydrogen-bond donors (Lipinski definition) is 0. The van der Waals surface area contributed by atoms with Gasteiger partial charge in [-0.2, -0.15) is 0 Å². The van der Waals surface area contributed by atoms with E-state index in [-0.39, 0.29) is 20.4 Å². The van der Waals surface area contributed by atoms with Crippen LogP contribution in [0.15, 0.2) is 0 Å². The summed E-state index contributed by atoms with van der Waals surface area (Å²) in [5, 5.41) is 0. The zero-order valence-electron chi connectivity index (χ0n) is 8.20. The van der Waals surface area contributed by atoms with Crippen molar-refractivity contribution in [3.63, 3.8) is 0 Å². The number of hydrogen-bond acceptors (Lipinski definition) is 0. The van der Waals surface area contributed by atoms with Crippen molar-refractivity contribution in [3.8, 4) is 0 Å². The molecule has 0 aromatic carbocycles. The molecule has 1 atom stereocenters. The average Bonchev–Trinajstić information content (AvgIpc) is 1.81. The summed E-state index contributed by atoms with van der Waals surface area (Å²) in [6, 6.07) is 0. The highest BCUT2D eigenvalue weighted by Crippen LogP contribution is 2.22. The van der Waals surface area contributed by atoms with Gasteiger partial charge in [-0.3, -0.25) is 0 Å². The Morgan fingerprint density at radius 2 is 1.80 bits per heavy atom. The van der Waals surface area contributed by atoms with Crippen molar-refractivity contribution in [2.75, 3.05) is 0 Å². The molecule has 0 aliphatic heterocycles. The molecule has 0 spiro atoms. The molecule has 10 heavy (non-hydrogen) atoms. The minimum atomic E-state index is 0.231. The molecule has 1 heteroatoms. The first-order valence-electron chi connectivity index (χ1n) is 4.45. The molecule has 0 heterocycles. The van der Waals surface area contributed by atoms with Crippen LogP contribution >= 0.6 is 0 Å². The molecule has 0 radical (unpaired) electrons. The van der Waals surface area contributed by atoms with Crippen molar-refractivity contribution in [1.29, 1.82) is 0 Å². The van der Waals surface area contributed by atoms with Crippen molar-refractivity contribution in [1.82, 2.24) is 0 Å². The smallest absolute Gasteiger partial charge is 0.141 e. The molecule has 0 saturated heterocycles. The molecule has 0 bridgehead atoms. The Bertz CT molecular complexity index is 81.2. The van der Waals surface area contributed by atoms with E-state index in [4.69, 9.17) is 0 Å². The Hall–Kier alpha value is 0.766. The lowest BCUT2D eigenvalue weighted by molar-refractivity contribution is 0.464. The van der Waals surface area contributed by atoms with Gasteiger partial charge in [0.05, 0.1) is 0 Å². The van der Waals surface area contributed by atoms with Gasteiger partial charge in [0.15, 0.2) is 0 Å². The third-order valence-corrected chi connectivity index (χ3v) is 5.44. The monoisotopic (exact) mass is 152 g/mol. The summed E-state index contributed by atoms with van der Waals surface area (Å²) in [5.41, 5.74) is 0.593. The summed E-state index contributed by atoms with van der Waals surface area (Å²) in [7, 11) is 0. The summed E-state index contributed by atoms with van der Waals surface area (Å²) in [6.45, 7) is 11.8. The van der Waals surface area contributed by atoms with Crippen LogP contribution in [0.1, 0.15) is 41.0 Å². The molecule has 0 saturated carbocycles. The molecule has 0 aromatic rings. The van der Waals surface area contributed by atoms with E-state index >= 15 is 0 Å². The Morgan fingerprint density at radius 3 is 2.10 bits per heavy atom. The average molecular weight is 153 g/mol. The Balaban J connectivity index is 3.36. The van der Waals surface area contributed by atoms with Gasteiger partial charge in [0.25, 0.3) is 0 Å². The topological polar surface area (TPSA) is 0 Å². The van der Waals surface area contributed by atoms with Crippen LogP contribution in [0.5, 0.6) is 0 Å². The third-order valence-electron chi connectivity index (χ3n) is 2.08. The first-order valence-corrected chi connectivity index (χ1v) is 6.27. The van der Waals surface area contributed by atoms with Gasteiger partial charge in [0, 0.05) is 0 Å². The maximum atomic E-state index is 2.40. The molecule has 0 aliphatic rings. The van der Waals surface area contributed by atoms with E-state index in [1.54, 1.807) is 0 Å². The second-order valence-electron chi connectivity index (χ2n) is 4.61. The van der Waals surface area contributed by atoms with Crippen molar-refractivity contribution in [3.05, 3.63) is 0 Å². The fourth-order valence-corrected chi connectivity index (χ4v) is 2.65. The third kappa shape index (κ3) is 6.88. The second kappa shape index (κ2) is 4.60. The predicted octanol–water partition coefficient (Wildman–Crippen LogP) is 3.37. The Labute approximate surface area is 75.5 Å². The van der Waals surface area contributed by atoms with Crippen LogP contribution < -0.4 is 0 Å². The molecular weight excluding hydrogens is 132 g/mol. The van der Waals surface area contributed by atoms with Crippen LogP contribution in [0.25, 0.3) is 0 Å². The van der Waals surface area contributed by atoms with Crippen LogP contribution in [0.4, 0.5) is 0 Å². The van der Waals surface area contributed by atoms with E-state index < -0.39 is 0 Å². The van der Waals surface area contributed by atoms with Crippen LogP contribution in [0, 0.1) is 5.41 Å². The van der Waals surface area contributed by atoms with Gasteiger partial charge in [0.2, 0.25) is 0 Å². The molecular formula is C9H20Mg. The fraction of sp³-hybridized carbons (Fsp3) is 1.00. The second-order valence-corrected chi connectivity index (χ2v) is 7.08. The Morgan fingerprint density at radius 1 is 1.30 bits per heavy atom. The Kier molecular flexibility index (Phi) is 4.96. The zero-order chi connectivity index (χ0) is 8.20. The summed E-state index contributed by atoms with van der Waals surface area (Å²) >= 11 is 0.231. The summed E-state index contributed by atoms with van der Waals surface area (Å²) < 4.78 is 2.56. The SMILES string of the molecule is CC[CH](C)[Mg][CH2]C(C)(C)C. The van der Waals surface area contributed by atoms with Gasteiger partial charge in [-0.15, -0.1) is 8.60 Å². The lowest BCUT2D eigenvalue weighted by Gasteiger charge is -2.19. The van der Waals surface area contributed by atoms with Crippen LogP contribution in [-0.2, 0) is 0 Å². The normalized spacial score (nSPS) is 14.5. The molecule has 0 fully saturated rings. The summed E-state index contributed by atoms with van der Waals surface area (Å²) in [4.78, 5) is 0. The summed E-state index contributed by atoms with van der Waals surface area (Å²) in [5.74, 6) is 0. The molecule has 1 unspecified atom stereocenters. The minimum Gasteiger partial charge on any atom is -0.141 e. The molecule has 0 rings (SSSR count). The molecule has 0 nitrogen and oxygen atoms in total. The molecule has 0 N–H and O–H groups in total. The van der Waals surface area contributed by atoms with E-state index in [0.717, 1.165) is 4.05 Å².